The first kappa shape index (κ1) is 16.8. The number of carbonyl (C=O) groups is 3. The van der Waals surface area contributed by atoms with Crippen LogP contribution in [0.15, 0.2) is 0 Å². The topological polar surface area (TPSA) is 121 Å². The van der Waals surface area contributed by atoms with Gasteiger partial charge < -0.3 is 20.1 Å². The summed E-state index contributed by atoms with van der Waals surface area (Å²) in [5.41, 5.74) is -0.232. The number of ketones is 2. The molecule has 1 aliphatic rings. The molecule has 0 fully saturated rings. The maximum absolute atomic E-state index is 12.0. The van der Waals surface area contributed by atoms with Gasteiger partial charge in [0.25, 0.3) is 0 Å². The summed E-state index contributed by atoms with van der Waals surface area (Å²) < 4.78 is 5.33. The van der Waals surface area contributed by atoms with Gasteiger partial charge in [0.2, 0.25) is 0 Å². The molecule has 0 atom stereocenters. The molecule has 124 valence electrons. The summed E-state index contributed by atoms with van der Waals surface area (Å²) in [5, 5.41) is 29.5. The van der Waals surface area contributed by atoms with Crippen LogP contribution in [0.5, 0.6) is 17.2 Å². The number of hydrogen-bond acceptors (Lipinski definition) is 6. The number of benzene rings is 1. The van der Waals surface area contributed by atoms with Crippen molar-refractivity contribution >= 4 is 17.5 Å². The second-order valence-electron chi connectivity index (χ2n) is 5.28. The molecule has 1 aromatic carbocycles. The lowest BCUT2D eigenvalue weighted by atomic mass is 9.85. The predicted molar refractivity (Wildman–Crippen MR) is 79.4 cm³/mol. The molecule has 7 heteroatoms. The maximum Gasteiger partial charge on any atom is 0.303 e. The van der Waals surface area contributed by atoms with Gasteiger partial charge in [0.05, 0.1) is 17.7 Å². The fourth-order valence-electron chi connectivity index (χ4n) is 2.72. The Hall–Kier alpha value is -2.57. The van der Waals surface area contributed by atoms with Crippen molar-refractivity contribution in [2.45, 2.75) is 39.0 Å². The van der Waals surface area contributed by atoms with Crippen LogP contribution in [0.2, 0.25) is 0 Å². The Labute approximate surface area is 132 Å². The second kappa shape index (κ2) is 6.68. The number of phenols is 2. The number of carboxylic acids is 1. The van der Waals surface area contributed by atoms with Gasteiger partial charge in [-0.25, -0.2) is 0 Å². The minimum Gasteiger partial charge on any atom is -0.507 e. The second-order valence-corrected chi connectivity index (χ2v) is 5.28. The van der Waals surface area contributed by atoms with Gasteiger partial charge in [-0.15, -0.1) is 0 Å². The third kappa shape index (κ3) is 3.13. The lowest BCUT2D eigenvalue weighted by Gasteiger charge is -2.22. The number of rotatable bonds is 6. The fraction of sp³-hybridized carbons (Fsp3) is 0.438. The summed E-state index contributed by atoms with van der Waals surface area (Å²) in [6.07, 6.45) is 0.124. The van der Waals surface area contributed by atoms with Gasteiger partial charge in [0.15, 0.2) is 23.1 Å². The smallest absolute Gasteiger partial charge is 0.303 e. The Kier molecular flexibility index (Phi) is 4.88. The van der Waals surface area contributed by atoms with Gasteiger partial charge in [-0.1, -0.05) is 0 Å². The standard InChI is InChI=1S/C16H18O7/c1-2-23-16-8(4-3-5-11(19)20)14(21)12-9(17)6-7-10(18)13(12)15(16)22/h21-22H,2-7H2,1H3,(H,19,20). The highest BCUT2D eigenvalue weighted by molar-refractivity contribution is 6.17. The molecule has 0 radical (unpaired) electrons. The molecule has 0 aliphatic heterocycles. The molecule has 23 heavy (non-hydrogen) atoms. The normalized spacial score (nSPS) is 13.8. The van der Waals surface area contributed by atoms with Gasteiger partial charge in [-0.2, -0.15) is 0 Å². The highest BCUT2D eigenvalue weighted by Gasteiger charge is 2.34. The largest absolute Gasteiger partial charge is 0.507 e. The van der Waals surface area contributed by atoms with E-state index in [4.69, 9.17) is 9.84 Å². The molecular weight excluding hydrogens is 304 g/mol. The number of Topliss-reactive ketones (excluding diaryl/α,β-unsaturated/α-hetero) is 2. The Balaban J connectivity index is 2.57. The van der Waals surface area contributed by atoms with Crippen LogP contribution in [0.1, 0.15) is 58.9 Å². The van der Waals surface area contributed by atoms with E-state index >= 15 is 0 Å². The highest BCUT2D eigenvalue weighted by atomic mass is 16.5. The van der Waals surface area contributed by atoms with Crippen LogP contribution < -0.4 is 4.74 Å². The fourth-order valence-corrected chi connectivity index (χ4v) is 2.72. The number of fused-ring (bicyclic) bond motifs is 1. The summed E-state index contributed by atoms with van der Waals surface area (Å²) in [4.78, 5) is 34.7. The molecule has 0 amide bonds. The quantitative estimate of drug-likeness (QED) is 0.685. The van der Waals surface area contributed by atoms with E-state index in [9.17, 15) is 24.6 Å². The molecule has 7 nitrogen and oxygen atoms in total. The van der Waals surface area contributed by atoms with Crippen LogP contribution in [0.4, 0.5) is 0 Å². The summed E-state index contributed by atoms with van der Waals surface area (Å²) in [5.74, 6) is -2.75. The van der Waals surface area contributed by atoms with Gasteiger partial charge in [-0.05, 0) is 19.8 Å². The Morgan fingerprint density at radius 2 is 1.65 bits per heavy atom. The van der Waals surface area contributed by atoms with Crippen LogP contribution in [0.25, 0.3) is 0 Å². The minimum atomic E-state index is -0.990. The van der Waals surface area contributed by atoms with Gasteiger partial charge in [-0.3, -0.25) is 14.4 Å². The van der Waals surface area contributed by atoms with E-state index in [2.05, 4.69) is 0 Å². The van der Waals surface area contributed by atoms with E-state index in [1.807, 2.05) is 0 Å². The van der Waals surface area contributed by atoms with Crippen molar-refractivity contribution < 1.29 is 34.4 Å². The van der Waals surface area contributed by atoms with Crippen LogP contribution in [0.3, 0.4) is 0 Å². The van der Waals surface area contributed by atoms with Gasteiger partial charge >= 0.3 is 5.97 Å². The van der Waals surface area contributed by atoms with Gasteiger partial charge in [0, 0.05) is 24.8 Å². The number of carbonyl (C=O) groups excluding carboxylic acids is 2. The number of phenolic OH excluding ortho intramolecular Hbond substituents is 2. The molecule has 1 aliphatic carbocycles. The molecule has 0 bridgehead atoms. The van der Waals surface area contributed by atoms with Crippen LogP contribution in [0, 0.1) is 0 Å². The van der Waals surface area contributed by atoms with Crippen LogP contribution in [-0.4, -0.2) is 39.5 Å². The molecule has 3 N–H and O–H groups in total. The zero-order valence-electron chi connectivity index (χ0n) is 12.7. The Morgan fingerprint density at radius 3 is 2.17 bits per heavy atom. The number of aliphatic carboxylic acids is 1. The molecule has 0 aromatic heterocycles. The SMILES string of the molecule is CCOc1c(O)c2c(c(O)c1CCCC(=O)O)C(=O)CCC2=O. The first-order valence-electron chi connectivity index (χ1n) is 7.40. The first-order chi connectivity index (χ1) is 10.9. The van der Waals surface area contributed by atoms with Crippen molar-refractivity contribution in [3.8, 4) is 17.2 Å². The average Bonchev–Trinajstić information content (AvgIpc) is 2.49. The van der Waals surface area contributed by atoms with Gasteiger partial charge in [0.1, 0.15) is 5.75 Å². The molecule has 0 saturated heterocycles. The van der Waals surface area contributed by atoms with Crippen LogP contribution >= 0.6 is 0 Å². The highest BCUT2D eigenvalue weighted by Crippen LogP contribution is 2.46. The molecule has 0 unspecified atom stereocenters. The van der Waals surface area contributed by atoms with E-state index in [0.717, 1.165) is 0 Å². The number of carboxylic acid groups (broad SMARTS) is 1. The van der Waals surface area contributed by atoms with E-state index < -0.39 is 29.0 Å². The minimum absolute atomic E-state index is 0.0250. The van der Waals surface area contributed by atoms with E-state index in [1.165, 1.54) is 0 Å². The predicted octanol–water partition coefficient (Wildman–Crippen LogP) is 2.06. The summed E-state index contributed by atoms with van der Waals surface area (Å²) in [6, 6.07) is 0. The third-order valence-electron chi connectivity index (χ3n) is 3.74. The van der Waals surface area contributed by atoms with Crippen molar-refractivity contribution in [2.75, 3.05) is 6.61 Å². The monoisotopic (exact) mass is 322 g/mol. The third-order valence-corrected chi connectivity index (χ3v) is 3.74. The summed E-state index contributed by atoms with van der Waals surface area (Å²) in [7, 11) is 0. The summed E-state index contributed by atoms with van der Waals surface area (Å²) in [6.45, 7) is 1.85. The van der Waals surface area contributed by atoms with Crippen molar-refractivity contribution in [1.82, 2.24) is 0 Å². The molecule has 0 spiro atoms. The zero-order chi connectivity index (χ0) is 17.1. The van der Waals surface area contributed by atoms with E-state index in [1.54, 1.807) is 6.92 Å². The van der Waals surface area contributed by atoms with E-state index in [-0.39, 0.29) is 61.2 Å². The number of hydrogen-bond donors (Lipinski definition) is 3. The molecule has 1 aromatic rings. The molecule has 0 saturated carbocycles. The van der Waals surface area contributed by atoms with Crippen LogP contribution in [-0.2, 0) is 11.2 Å². The lowest BCUT2D eigenvalue weighted by Crippen LogP contribution is -2.19. The number of aromatic hydroxyl groups is 2. The average molecular weight is 322 g/mol. The summed E-state index contributed by atoms with van der Waals surface area (Å²) >= 11 is 0. The van der Waals surface area contributed by atoms with Crippen molar-refractivity contribution in [2.24, 2.45) is 0 Å². The van der Waals surface area contributed by atoms with Crippen molar-refractivity contribution in [3.63, 3.8) is 0 Å². The zero-order valence-corrected chi connectivity index (χ0v) is 12.7. The maximum atomic E-state index is 12.0. The Morgan fingerprint density at radius 1 is 1.09 bits per heavy atom. The number of ether oxygens (including phenoxy) is 1. The molecule has 2 rings (SSSR count). The van der Waals surface area contributed by atoms with Crippen molar-refractivity contribution in [1.29, 1.82) is 0 Å². The van der Waals surface area contributed by atoms with Crippen molar-refractivity contribution in [3.05, 3.63) is 16.7 Å². The lowest BCUT2D eigenvalue weighted by molar-refractivity contribution is -0.137. The molecule has 0 heterocycles. The first-order valence-corrected chi connectivity index (χ1v) is 7.40. The van der Waals surface area contributed by atoms with E-state index in [0.29, 0.717) is 0 Å². The molecular formula is C16H18O7. The Bertz CT molecular complexity index is 676.